The first-order valence-corrected chi connectivity index (χ1v) is 9.49. The van der Waals surface area contributed by atoms with Gasteiger partial charge in [0.05, 0.1) is 11.5 Å². The monoisotopic (exact) mass is 344 g/mol. The molecule has 2 aliphatic rings. The van der Waals surface area contributed by atoms with Crippen LogP contribution in [-0.2, 0) is 4.79 Å². The van der Waals surface area contributed by atoms with Crippen molar-refractivity contribution in [1.82, 2.24) is 9.80 Å². The van der Waals surface area contributed by atoms with Crippen LogP contribution in [0.25, 0.3) is 0 Å². The van der Waals surface area contributed by atoms with Gasteiger partial charge in [-0.05, 0) is 69.4 Å². The van der Waals surface area contributed by atoms with E-state index < -0.39 is 5.97 Å². The fraction of sp³-hybridized carbons (Fsp3) is 0.600. The number of carbonyl (C=O) groups excluding carboxylic acids is 1. The van der Waals surface area contributed by atoms with Gasteiger partial charge in [0.25, 0.3) is 0 Å². The molecule has 1 aromatic rings. The summed E-state index contributed by atoms with van der Waals surface area (Å²) in [6.45, 7) is 5.17. The van der Waals surface area contributed by atoms with Gasteiger partial charge in [-0.25, -0.2) is 4.79 Å². The molecule has 0 spiro atoms. The van der Waals surface area contributed by atoms with Gasteiger partial charge in [-0.2, -0.15) is 0 Å². The molecule has 0 aromatic heterocycles. The first-order chi connectivity index (χ1) is 12.1. The van der Waals surface area contributed by atoms with Gasteiger partial charge >= 0.3 is 5.97 Å². The third-order valence-electron chi connectivity index (χ3n) is 5.44. The molecule has 2 aliphatic heterocycles. The van der Waals surface area contributed by atoms with Crippen LogP contribution >= 0.6 is 0 Å². The molecule has 136 valence electrons. The molecule has 1 amide bonds. The zero-order valence-corrected chi connectivity index (χ0v) is 14.8. The Balaban J connectivity index is 1.54. The quantitative estimate of drug-likeness (QED) is 0.862. The molecule has 1 N–H and O–H groups in total. The summed E-state index contributed by atoms with van der Waals surface area (Å²) in [7, 11) is 0. The van der Waals surface area contributed by atoms with E-state index >= 15 is 0 Å². The highest BCUT2D eigenvalue weighted by molar-refractivity contribution is 5.88. The summed E-state index contributed by atoms with van der Waals surface area (Å²) in [5.41, 5.74) is 1.21. The van der Waals surface area contributed by atoms with Crippen molar-refractivity contribution in [3.05, 3.63) is 35.4 Å². The van der Waals surface area contributed by atoms with Gasteiger partial charge in [-0.3, -0.25) is 4.79 Å². The predicted molar refractivity (Wildman–Crippen MR) is 96.9 cm³/mol. The second-order valence-electron chi connectivity index (χ2n) is 7.20. The summed E-state index contributed by atoms with van der Waals surface area (Å²) in [4.78, 5) is 28.3. The van der Waals surface area contributed by atoms with E-state index in [0.29, 0.717) is 0 Å². The largest absolute Gasteiger partial charge is 0.478 e. The number of carboxylic acids is 1. The maximum Gasteiger partial charge on any atom is 0.335 e. The first kappa shape index (κ1) is 17.9. The number of amides is 1. The Kier molecular flexibility index (Phi) is 6.08. The molecule has 1 aromatic carbocycles. The van der Waals surface area contributed by atoms with Crippen molar-refractivity contribution in [2.24, 2.45) is 0 Å². The summed E-state index contributed by atoms with van der Waals surface area (Å²) in [5, 5.41) is 9.01. The lowest BCUT2D eigenvalue weighted by Gasteiger charge is -2.33. The third-order valence-corrected chi connectivity index (χ3v) is 5.44. The van der Waals surface area contributed by atoms with Crippen molar-refractivity contribution in [2.45, 2.75) is 44.4 Å². The summed E-state index contributed by atoms with van der Waals surface area (Å²) in [6, 6.07) is 6.78. The Morgan fingerprint density at radius 1 is 1.00 bits per heavy atom. The van der Waals surface area contributed by atoms with E-state index in [1.165, 1.54) is 32.4 Å². The second-order valence-corrected chi connectivity index (χ2v) is 7.20. The molecule has 2 fully saturated rings. The number of hydrogen-bond acceptors (Lipinski definition) is 3. The Morgan fingerprint density at radius 2 is 1.72 bits per heavy atom. The minimum Gasteiger partial charge on any atom is -0.478 e. The predicted octanol–water partition coefficient (Wildman–Crippen LogP) is 2.97. The van der Waals surface area contributed by atoms with E-state index in [9.17, 15) is 9.59 Å². The van der Waals surface area contributed by atoms with E-state index in [-0.39, 0.29) is 17.4 Å². The van der Waals surface area contributed by atoms with Crippen molar-refractivity contribution >= 4 is 11.9 Å². The summed E-state index contributed by atoms with van der Waals surface area (Å²) < 4.78 is 0. The van der Waals surface area contributed by atoms with Crippen LogP contribution in [0.4, 0.5) is 0 Å². The van der Waals surface area contributed by atoms with Crippen LogP contribution in [0.3, 0.4) is 0 Å². The van der Waals surface area contributed by atoms with Gasteiger partial charge in [0.1, 0.15) is 0 Å². The van der Waals surface area contributed by atoms with Crippen LogP contribution in [0.1, 0.15) is 60.4 Å². The number of carboxylic acid groups (broad SMARTS) is 1. The maximum absolute atomic E-state index is 12.8. The average molecular weight is 344 g/mol. The van der Waals surface area contributed by atoms with Crippen LogP contribution in [-0.4, -0.2) is 59.5 Å². The molecule has 1 atom stereocenters. The first-order valence-electron chi connectivity index (χ1n) is 9.49. The smallest absolute Gasteiger partial charge is 0.335 e. The molecule has 5 nitrogen and oxygen atoms in total. The molecule has 0 radical (unpaired) electrons. The van der Waals surface area contributed by atoms with Gasteiger partial charge in [-0.1, -0.05) is 18.6 Å². The Bertz CT molecular complexity index is 593. The Labute approximate surface area is 149 Å². The maximum atomic E-state index is 12.8. The zero-order chi connectivity index (χ0) is 17.6. The highest BCUT2D eigenvalue weighted by Gasteiger charge is 2.29. The number of aromatic carboxylic acids is 1. The lowest BCUT2D eigenvalue weighted by Crippen LogP contribution is -2.42. The average Bonchev–Trinajstić information content (AvgIpc) is 2.64. The number of benzene rings is 1. The summed E-state index contributed by atoms with van der Waals surface area (Å²) in [6.07, 6.45) is 6.86. The third kappa shape index (κ3) is 4.60. The van der Waals surface area contributed by atoms with Crippen molar-refractivity contribution in [3.8, 4) is 0 Å². The van der Waals surface area contributed by atoms with Crippen LogP contribution in [0.2, 0.25) is 0 Å². The summed E-state index contributed by atoms with van der Waals surface area (Å²) in [5.74, 6) is -0.847. The van der Waals surface area contributed by atoms with Gasteiger partial charge in [-0.15, -0.1) is 0 Å². The SMILES string of the molecule is O=C(O)c1ccc(C2CCCN(CCCN3CCCCC3)C2=O)cc1. The standard InChI is InChI=1S/C20H28N2O3/c23-19-18(16-7-9-17(10-8-16)20(24)25)6-4-14-22(19)15-5-13-21-11-2-1-3-12-21/h7-10,18H,1-6,11-15H2,(H,24,25). The second kappa shape index (κ2) is 8.48. The molecular weight excluding hydrogens is 316 g/mol. The molecule has 1 unspecified atom stereocenters. The number of rotatable bonds is 6. The normalized spacial score (nSPS) is 22.2. The van der Waals surface area contributed by atoms with Crippen LogP contribution in [0.5, 0.6) is 0 Å². The Hall–Kier alpha value is -1.88. The molecule has 0 aliphatic carbocycles. The van der Waals surface area contributed by atoms with Crippen molar-refractivity contribution in [1.29, 1.82) is 0 Å². The molecule has 5 heteroatoms. The summed E-state index contributed by atoms with van der Waals surface area (Å²) >= 11 is 0. The van der Waals surface area contributed by atoms with Crippen molar-refractivity contribution < 1.29 is 14.7 Å². The topological polar surface area (TPSA) is 60.9 Å². The number of nitrogens with zero attached hydrogens (tertiary/aromatic N) is 2. The number of likely N-dealkylation sites (tertiary alicyclic amines) is 2. The lowest BCUT2D eigenvalue weighted by atomic mass is 9.89. The molecule has 2 saturated heterocycles. The molecule has 0 saturated carbocycles. The number of hydrogen-bond donors (Lipinski definition) is 1. The van der Waals surface area contributed by atoms with Gasteiger partial charge in [0.2, 0.25) is 5.91 Å². The highest BCUT2D eigenvalue weighted by atomic mass is 16.4. The van der Waals surface area contributed by atoms with Crippen LogP contribution in [0.15, 0.2) is 24.3 Å². The van der Waals surface area contributed by atoms with Gasteiger partial charge in [0.15, 0.2) is 0 Å². The fourth-order valence-electron chi connectivity index (χ4n) is 4.00. The van der Waals surface area contributed by atoms with E-state index in [4.69, 9.17) is 5.11 Å². The van der Waals surface area contributed by atoms with Crippen LogP contribution in [0, 0.1) is 0 Å². The molecular formula is C20H28N2O3. The lowest BCUT2D eigenvalue weighted by molar-refractivity contribution is -0.135. The fourth-order valence-corrected chi connectivity index (χ4v) is 4.00. The van der Waals surface area contributed by atoms with Gasteiger partial charge < -0.3 is 14.9 Å². The highest BCUT2D eigenvalue weighted by Crippen LogP contribution is 2.28. The molecule has 2 heterocycles. The zero-order valence-electron chi connectivity index (χ0n) is 14.8. The van der Waals surface area contributed by atoms with Crippen LogP contribution < -0.4 is 0 Å². The van der Waals surface area contributed by atoms with E-state index in [2.05, 4.69) is 4.90 Å². The van der Waals surface area contributed by atoms with E-state index in [0.717, 1.165) is 44.5 Å². The van der Waals surface area contributed by atoms with Crippen molar-refractivity contribution in [3.63, 3.8) is 0 Å². The van der Waals surface area contributed by atoms with Gasteiger partial charge in [0, 0.05) is 13.1 Å². The molecule has 3 rings (SSSR count). The minimum absolute atomic E-state index is 0.119. The minimum atomic E-state index is -0.930. The van der Waals surface area contributed by atoms with E-state index in [1.54, 1.807) is 24.3 Å². The number of piperidine rings is 2. The molecule has 25 heavy (non-hydrogen) atoms. The van der Waals surface area contributed by atoms with E-state index in [1.807, 2.05) is 4.90 Å². The van der Waals surface area contributed by atoms with Crippen molar-refractivity contribution in [2.75, 3.05) is 32.7 Å². The number of carbonyl (C=O) groups is 2. The Morgan fingerprint density at radius 3 is 2.40 bits per heavy atom. The molecule has 0 bridgehead atoms.